The van der Waals surface area contributed by atoms with Crippen LogP contribution in [-0.2, 0) is 10.0 Å². The lowest BCUT2D eigenvalue weighted by atomic mass is 10.2. The van der Waals surface area contributed by atoms with Crippen molar-refractivity contribution in [2.45, 2.75) is 31.7 Å². The highest BCUT2D eigenvalue weighted by molar-refractivity contribution is 9.11. The molecule has 0 radical (unpaired) electrons. The van der Waals surface area contributed by atoms with Gasteiger partial charge in [-0.15, -0.1) is 11.3 Å². The maximum absolute atomic E-state index is 12.7. The molecule has 1 aliphatic heterocycles. The first kappa shape index (κ1) is 15.4. The van der Waals surface area contributed by atoms with Gasteiger partial charge < -0.3 is 0 Å². The van der Waals surface area contributed by atoms with Crippen molar-refractivity contribution in [3.63, 3.8) is 0 Å². The molecule has 2 rings (SSSR count). The topological polar surface area (TPSA) is 40.6 Å². The van der Waals surface area contributed by atoms with Gasteiger partial charge in [0.15, 0.2) is 0 Å². The molecule has 19 heavy (non-hydrogen) atoms. The van der Waals surface area contributed by atoms with Crippen molar-refractivity contribution in [2.24, 2.45) is 0 Å². The Balaban J connectivity index is 2.24. The Hall–Kier alpha value is 0.0500. The van der Waals surface area contributed by atoms with Crippen LogP contribution in [0.3, 0.4) is 0 Å². The van der Waals surface area contributed by atoms with E-state index in [-0.39, 0.29) is 6.04 Å². The van der Waals surface area contributed by atoms with Gasteiger partial charge in [-0.25, -0.2) is 8.42 Å². The number of aryl methyl sites for hydroxylation is 1. The molecule has 1 aliphatic rings. The van der Waals surface area contributed by atoms with Gasteiger partial charge in [0.1, 0.15) is 0 Å². The zero-order chi connectivity index (χ0) is 14.2. The Morgan fingerprint density at radius 2 is 2.16 bits per heavy atom. The maximum atomic E-state index is 12.7. The molecule has 1 atom stereocenters. The van der Waals surface area contributed by atoms with Crippen LogP contribution in [0.25, 0.3) is 0 Å². The van der Waals surface area contributed by atoms with Crippen LogP contribution >= 0.6 is 27.3 Å². The maximum Gasteiger partial charge on any atom is 0.244 e. The van der Waals surface area contributed by atoms with E-state index >= 15 is 0 Å². The summed E-state index contributed by atoms with van der Waals surface area (Å²) < 4.78 is 27.8. The van der Waals surface area contributed by atoms with Crippen LogP contribution in [-0.4, -0.2) is 49.8 Å². The van der Waals surface area contributed by atoms with E-state index < -0.39 is 10.0 Å². The average Bonchev–Trinajstić information content (AvgIpc) is 2.69. The standard InChI is InChI=1S/C12H19BrN2O2S2/c1-4-14-5-6-15(8-9(14)2)19(16,17)11-7-12(13)18-10(11)3/h7,9H,4-6,8H2,1-3H3. The minimum atomic E-state index is -3.35. The summed E-state index contributed by atoms with van der Waals surface area (Å²) in [5.41, 5.74) is 0. The number of rotatable bonds is 3. The lowest BCUT2D eigenvalue weighted by Gasteiger charge is -2.38. The molecule has 7 heteroatoms. The summed E-state index contributed by atoms with van der Waals surface area (Å²) in [5.74, 6) is 0. The van der Waals surface area contributed by atoms with Crippen molar-refractivity contribution in [3.8, 4) is 0 Å². The fourth-order valence-corrected chi connectivity index (χ4v) is 6.37. The summed E-state index contributed by atoms with van der Waals surface area (Å²) in [6.45, 7) is 8.98. The van der Waals surface area contributed by atoms with Gasteiger partial charge in [-0.3, -0.25) is 4.90 Å². The summed E-state index contributed by atoms with van der Waals surface area (Å²) >= 11 is 4.83. The molecule has 1 saturated heterocycles. The van der Waals surface area contributed by atoms with E-state index in [0.717, 1.165) is 21.8 Å². The normalized spacial score (nSPS) is 22.8. The van der Waals surface area contributed by atoms with Crippen LogP contribution in [0.1, 0.15) is 18.7 Å². The summed E-state index contributed by atoms with van der Waals surface area (Å²) in [5, 5.41) is 0. The third kappa shape index (κ3) is 3.05. The fourth-order valence-electron chi connectivity index (χ4n) is 2.48. The molecule has 0 saturated carbocycles. The molecule has 1 aromatic heterocycles. The number of hydrogen-bond donors (Lipinski definition) is 0. The van der Waals surface area contributed by atoms with Crippen LogP contribution in [0.4, 0.5) is 0 Å². The highest BCUT2D eigenvalue weighted by Crippen LogP contribution is 2.32. The van der Waals surface area contributed by atoms with Crippen LogP contribution in [0.5, 0.6) is 0 Å². The summed E-state index contributed by atoms with van der Waals surface area (Å²) in [4.78, 5) is 3.60. The first-order valence-corrected chi connectivity index (χ1v) is 9.41. The molecular weight excluding hydrogens is 348 g/mol. The predicted molar refractivity (Wildman–Crippen MR) is 82.2 cm³/mol. The lowest BCUT2D eigenvalue weighted by Crippen LogP contribution is -2.53. The quantitative estimate of drug-likeness (QED) is 0.825. The molecule has 1 unspecified atom stereocenters. The van der Waals surface area contributed by atoms with E-state index in [9.17, 15) is 8.42 Å². The van der Waals surface area contributed by atoms with E-state index in [0.29, 0.717) is 18.0 Å². The van der Waals surface area contributed by atoms with Crippen molar-refractivity contribution in [2.75, 3.05) is 26.2 Å². The molecule has 0 amide bonds. The van der Waals surface area contributed by atoms with Crippen molar-refractivity contribution < 1.29 is 8.42 Å². The zero-order valence-corrected chi connectivity index (χ0v) is 14.6. The molecule has 2 heterocycles. The second kappa shape index (κ2) is 5.81. The van der Waals surface area contributed by atoms with Gasteiger partial charge in [0.2, 0.25) is 10.0 Å². The number of thiophene rings is 1. The first-order valence-electron chi connectivity index (χ1n) is 6.36. The Kier molecular flexibility index (Phi) is 4.72. The molecule has 0 N–H and O–H groups in total. The molecule has 1 aromatic rings. The third-order valence-corrected chi connectivity index (χ3v) is 7.27. The molecule has 0 aliphatic carbocycles. The van der Waals surface area contributed by atoms with Crippen molar-refractivity contribution in [1.82, 2.24) is 9.21 Å². The second-order valence-electron chi connectivity index (χ2n) is 4.81. The number of halogens is 1. The van der Waals surface area contributed by atoms with Crippen LogP contribution in [0.2, 0.25) is 0 Å². The van der Waals surface area contributed by atoms with Crippen molar-refractivity contribution >= 4 is 37.3 Å². The summed E-state index contributed by atoms with van der Waals surface area (Å²) in [7, 11) is -3.35. The Morgan fingerprint density at radius 3 is 2.63 bits per heavy atom. The Bertz CT molecular complexity index is 556. The SMILES string of the molecule is CCN1CCN(S(=O)(=O)c2cc(Br)sc2C)CC1C. The third-order valence-electron chi connectivity index (χ3n) is 3.59. The molecule has 108 valence electrons. The van der Waals surface area contributed by atoms with Crippen LogP contribution in [0, 0.1) is 6.92 Å². The number of hydrogen-bond acceptors (Lipinski definition) is 4. The smallest absolute Gasteiger partial charge is 0.244 e. The molecule has 0 aromatic carbocycles. The fraction of sp³-hybridized carbons (Fsp3) is 0.667. The van der Waals surface area contributed by atoms with E-state index in [1.54, 1.807) is 10.4 Å². The van der Waals surface area contributed by atoms with E-state index in [4.69, 9.17) is 0 Å². The Labute approximate surface area is 127 Å². The summed E-state index contributed by atoms with van der Waals surface area (Å²) in [6.07, 6.45) is 0. The molecule has 1 fully saturated rings. The monoisotopic (exact) mass is 366 g/mol. The van der Waals surface area contributed by atoms with Gasteiger partial charge >= 0.3 is 0 Å². The molecule has 0 bridgehead atoms. The predicted octanol–water partition coefficient (Wildman–Crippen LogP) is 2.53. The van der Waals surface area contributed by atoms with Gasteiger partial charge in [0.25, 0.3) is 0 Å². The van der Waals surface area contributed by atoms with Crippen LogP contribution < -0.4 is 0 Å². The lowest BCUT2D eigenvalue weighted by molar-refractivity contribution is 0.135. The van der Waals surface area contributed by atoms with Gasteiger partial charge in [-0.1, -0.05) is 6.92 Å². The summed E-state index contributed by atoms with van der Waals surface area (Å²) in [6, 6.07) is 1.99. The number of piperazine rings is 1. The zero-order valence-electron chi connectivity index (χ0n) is 11.4. The molecular formula is C12H19BrN2O2S2. The second-order valence-corrected chi connectivity index (χ2v) is 9.35. The van der Waals surface area contributed by atoms with E-state index in [2.05, 4.69) is 34.7 Å². The highest BCUT2D eigenvalue weighted by atomic mass is 79.9. The largest absolute Gasteiger partial charge is 0.298 e. The van der Waals surface area contributed by atoms with E-state index in [1.807, 2.05) is 6.92 Å². The van der Waals surface area contributed by atoms with Crippen molar-refractivity contribution in [3.05, 3.63) is 14.7 Å². The van der Waals surface area contributed by atoms with Crippen LogP contribution in [0.15, 0.2) is 14.7 Å². The minimum absolute atomic E-state index is 0.274. The average molecular weight is 367 g/mol. The van der Waals surface area contributed by atoms with Gasteiger partial charge in [-0.2, -0.15) is 4.31 Å². The Morgan fingerprint density at radius 1 is 1.47 bits per heavy atom. The van der Waals surface area contributed by atoms with Gasteiger partial charge in [-0.05, 0) is 42.4 Å². The first-order chi connectivity index (χ1) is 8.86. The molecule has 0 spiro atoms. The number of likely N-dealkylation sites (N-methyl/N-ethyl adjacent to an activating group) is 1. The van der Waals surface area contributed by atoms with Gasteiger partial charge in [0.05, 0.1) is 8.68 Å². The number of nitrogens with zero attached hydrogens (tertiary/aromatic N) is 2. The molecule has 4 nitrogen and oxygen atoms in total. The van der Waals surface area contributed by atoms with Gasteiger partial charge in [0, 0.05) is 30.6 Å². The van der Waals surface area contributed by atoms with E-state index in [1.165, 1.54) is 11.3 Å². The number of sulfonamides is 1. The van der Waals surface area contributed by atoms with Crippen molar-refractivity contribution in [1.29, 1.82) is 0 Å². The highest BCUT2D eigenvalue weighted by Gasteiger charge is 2.33. The minimum Gasteiger partial charge on any atom is -0.298 e.